The Morgan fingerprint density at radius 1 is 1.28 bits per heavy atom. The van der Waals surface area contributed by atoms with Gasteiger partial charge >= 0.3 is 0 Å². The number of hydrogen-bond donors (Lipinski definition) is 0. The molecule has 0 spiro atoms. The fourth-order valence-electron chi connectivity index (χ4n) is 2.33. The zero-order valence-electron chi connectivity index (χ0n) is 10.7. The second-order valence-corrected chi connectivity index (χ2v) is 5.16. The smallest absolute Gasteiger partial charge is 0.0438 e. The summed E-state index contributed by atoms with van der Waals surface area (Å²) in [7, 11) is 0. The van der Waals surface area contributed by atoms with Crippen LogP contribution in [0.25, 0.3) is 0 Å². The Balaban J connectivity index is 1.85. The maximum Gasteiger partial charge on any atom is 0.0438 e. The molecule has 0 N–H and O–H groups in total. The third-order valence-electron chi connectivity index (χ3n) is 3.45. The van der Waals surface area contributed by atoms with Crippen LogP contribution in [0.5, 0.6) is 0 Å². The largest absolute Gasteiger partial charge is 0.296 e. The molecule has 2 heteroatoms. The van der Waals surface area contributed by atoms with E-state index in [9.17, 15) is 0 Å². The molecule has 1 nitrogen and oxygen atoms in total. The molecule has 1 aromatic rings. The lowest BCUT2D eigenvalue weighted by molar-refractivity contribution is 0.323. The second kappa shape index (κ2) is 6.77. The Labute approximate surface area is 115 Å². The van der Waals surface area contributed by atoms with Gasteiger partial charge in [-0.25, -0.2) is 0 Å². The number of nitrogens with zero attached hydrogens (tertiary/aromatic N) is 1. The van der Waals surface area contributed by atoms with Crippen LogP contribution in [0.15, 0.2) is 48.6 Å². The van der Waals surface area contributed by atoms with Gasteiger partial charge in [-0.2, -0.15) is 0 Å². The van der Waals surface area contributed by atoms with Crippen LogP contribution in [-0.2, 0) is 6.42 Å². The second-order valence-electron chi connectivity index (χ2n) is 4.75. The van der Waals surface area contributed by atoms with Gasteiger partial charge in [0.2, 0.25) is 0 Å². The fourth-order valence-corrected chi connectivity index (χ4v) is 2.56. The monoisotopic (exact) mass is 261 g/mol. The van der Waals surface area contributed by atoms with E-state index < -0.39 is 0 Å². The van der Waals surface area contributed by atoms with Gasteiger partial charge in [0.1, 0.15) is 0 Å². The molecule has 0 saturated carbocycles. The molecule has 0 unspecified atom stereocenters. The van der Waals surface area contributed by atoms with Gasteiger partial charge in [-0.15, -0.1) is 6.58 Å². The molecule has 0 bridgehead atoms. The van der Waals surface area contributed by atoms with E-state index in [0.717, 1.165) is 37.5 Å². The first-order valence-electron chi connectivity index (χ1n) is 6.54. The maximum atomic E-state index is 6.17. The van der Waals surface area contributed by atoms with Crippen molar-refractivity contribution in [1.82, 2.24) is 4.90 Å². The Hall–Kier alpha value is -1.05. The van der Waals surface area contributed by atoms with Crippen LogP contribution in [0.4, 0.5) is 0 Å². The van der Waals surface area contributed by atoms with Crippen LogP contribution in [0.1, 0.15) is 18.4 Å². The molecular formula is C16H20ClN. The predicted octanol–water partition coefficient (Wildman–Crippen LogP) is 4.09. The molecule has 0 atom stereocenters. The topological polar surface area (TPSA) is 3.24 Å². The summed E-state index contributed by atoms with van der Waals surface area (Å²) in [5.41, 5.74) is 2.82. The zero-order valence-corrected chi connectivity index (χ0v) is 11.5. The summed E-state index contributed by atoms with van der Waals surface area (Å²) in [6.07, 6.45) is 7.70. The molecule has 0 radical (unpaired) electrons. The van der Waals surface area contributed by atoms with Crippen molar-refractivity contribution in [2.24, 2.45) is 0 Å². The summed E-state index contributed by atoms with van der Waals surface area (Å²) in [5, 5.41) is 0.891. The first kappa shape index (κ1) is 13.4. The van der Waals surface area contributed by atoms with Crippen LogP contribution < -0.4 is 0 Å². The van der Waals surface area contributed by atoms with Crippen LogP contribution in [-0.4, -0.2) is 24.5 Å². The van der Waals surface area contributed by atoms with Crippen molar-refractivity contribution in [1.29, 1.82) is 0 Å². The van der Waals surface area contributed by atoms with E-state index in [-0.39, 0.29) is 0 Å². The molecule has 2 rings (SSSR count). The molecule has 1 aliphatic heterocycles. The van der Waals surface area contributed by atoms with Crippen molar-refractivity contribution in [2.75, 3.05) is 19.6 Å². The first-order chi connectivity index (χ1) is 8.79. The van der Waals surface area contributed by atoms with Crippen molar-refractivity contribution >= 4 is 11.6 Å². The normalized spacial score (nSPS) is 16.4. The standard InChI is InChI=1S/C16H20ClN/c1-2-11-18-12-9-14(10-13-18)7-8-15-5-3-4-6-16(15)17/h2-6,9H,1,7-8,10-13H2. The first-order valence-corrected chi connectivity index (χ1v) is 6.92. The molecule has 1 heterocycles. The Morgan fingerprint density at radius 2 is 2.11 bits per heavy atom. The van der Waals surface area contributed by atoms with E-state index in [2.05, 4.69) is 29.7 Å². The average molecular weight is 262 g/mol. The molecule has 0 amide bonds. The Kier molecular flexibility index (Phi) is 5.03. The van der Waals surface area contributed by atoms with Crippen LogP contribution in [0, 0.1) is 0 Å². The molecule has 18 heavy (non-hydrogen) atoms. The summed E-state index contributed by atoms with van der Waals surface area (Å²) in [6, 6.07) is 8.13. The number of benzene rings is 1. The van der Waals surface area contributed by atoms with Crippen molar-refractivity contribution in [3.63, 3.8) is 0 Å². The highest BCUT2D eigenvalue weighted by Crippen LogP contribution is 2.21. The van der Waals surface area contributed by atoms with Gasteiger partial charge in [-0.1, -0.05) is 47.5 Å². The summed E-state index contributed by atoms with van der Waals surface area (Å²) >= 11 is 6.17. The van der Waals surface area contributed by atoms with E-state index in [1.165, 1.54) is 12.0 Å². The summed E-state index contributed by atoms with van der Waals surface area (Å²) < 4.78 is 0. The fraction of sp³-hybridized carbons (Fsp3) is 0.375. The summed E-state index contributed by atoms with van der Waals surface area (Å²) in [4.78, 5) is 2.41. The molecule has 0 saturated heterocycles. The highest BCUT2D eigenvalue weighted by Gasteiger charge is 2.10. The summed E-state index contributed by atoms with van der Waals surface area (Å²) in [5.74, 6) is 0. The van der Waals surface area contributed by atoms with Crippen molar-refractivity contribution in [2.45, 2.75) is 19.3 Å². The van der Waals surface area contributed by atoms with Gasteiger partial charge in [0.25, 0.3) is 0 Å². The predicted molar refractivity (Wildman–Crippen MR) is 79.1 cm³/mol. The number of halogens is 1. The average Bonchev–Trinajstić information content (AvgIpc) is 2.40. The van der Waals surface area contributed by atoms with Gasteiger partial charge in [-0.3, -0.25) is 4.90 Å². The molecule has 0 aromatic heterocycles. The van der Waals surface area contributed by atoms with E-state index in [1.807, 2.05) is 18.2 Å². The number of rotatable bonds is 5. The van der Waals surface area contributed by atoms with Gasteiger partial charge in [0.15, 0.2) is 0 Å². The minimum Gasteiger partial charge on any atom is -0.296 e. The van der Waals surface area contributed by atoms with Crippen LogP contribution in [0.3, 0.4) is 0 Å². The van der Waals surface area contributed by atoms with E-state index >= 15 is 0 Å². The molecule has 1 aliphatic rings. The minimum absolute atomic E-state index is 0.891. The molecule has 0 aliphatic carbocycles. The molecule has 96 valence electrons. The Bertz CT molecular complexity index is 436. The van der Waals surface area contributed by atoms with Gasteiger partial charge in [0.05, 0.1) is 0 Å². The van der Waals surface area contributed by atoms with E-state index in [1.54, 1.807) is 5.57 Å². The van der Waals surface area contributed by atoms with E-state index in [0.29, 0.717) is 0 Å². The molecule has 1 aromatic carbocycles. The highest BCUT2D eigenvalue weighted by molar-refractivity contribution is 6.31. The quantitative estimate of drug-likeness (QED) is 0.722. The molecular weight excluding hydrogens is 242 g/mol. The lowest BCUT2D eigenvalue weighted by atomic mass is 9.99. The van der Waals surface area contributed by atoms with E-state index in [4.69, 9.17) is 11.6 Å². The van der Waals surface area contributed by atoms with Crippen molar-refractivity contribution < 1.29 is 0 Å². The lowest BCUT2D eigenvalue weighted by Gasteiger charge is -2.25. The van der Waals surface area contributed by atoms with Gasteiger partial charge in [-0.05, 0) is 30.9 Å². The highest BCUT2D eigenvalue weighted by atomic mass is 35.5. The SMILES string of the molecule is C=CCN1CC=C(CCc2ccccc2Cl)CC1. The Morgan fingerprint density at radius 3 is 2.78 bits per heavy atom. The minimum atomic E-state index is 0.891. The lowest BCUT2D eigenvalue weighted by Crippen LogP contribution is -2.28. The number of hydrogen-bond acceptors (Lipinski definition) is 1. The van der Waals surface area contributed by atoms with Crippen LogP contribution in [0.2, 0.25) is 5.02 Å². The third kappa shape index (κ3) is 3.72. The van der Waals surface area contributed by atoms with Gasteiger partial charge < -0.3 is 0 Å². The van der Waals surface area contributed by atoms with Crippen molar-refractivity contribution in [3.8, 4) is 0 Å². The summed E-state index contributed by atoms with van der Waals surface area (Å²) in [6.45, 7) is 6.99. The zero-order chi connectivity index (χ0) is 12.8. The van der Waals surface area contributed by atoms with Gasteiger partial charge in [0, 0.05) is 24.7 Å². The van der Waals surface area contributed by atoms with Crippen LogP contribution >= 0.6 is 11.6 Å². The maximum absolute atomic E-state index is 6.17. The van der Waals surface area contributed by atoms with Crippen molar-refractivity contribution in [3.05, 3.63) is 59.2 Å². The molecule has 0 fully saturated rings. The number of aryl methyl sites for hydroxylation is 1. The third-order valence-corrected chi connectivity index (χ3v) is 3.82.